The largest absolute Gasteiger partial charge is 0.379 e. The Kier molecular flexibility index (Phi) is 3.83. The summed E-state index contributed by atoms with van der Waals surface area (Å²) in [5, 5.41) is 0.706. The van der Waals surface area contributed by atoms with E-state index in [0.717, 1.165) is 43.9 Å². The molecule has 1 saturated heterocycles. The van der Waals surface area contributed by atoms with Crippen molar-refractivity contribution in [3.05, 3.63) is 23.2 Å². The van der Waals surface area contributed by atoms with Gasteiger partial charge in [0.25, 0.3) is 0 Å². The normalized spacial score (nSPS) is 18.5. The molecule has 0 bridgehead atoms. The van der Waals surface area contributed by atoms with E-state index < -0.39 is 0 Å². The average molecular weight is 295 g/mol. The molecule has 20 heavy (non-hydrogen) atoms. The number of hydrogen-bond donors (Lipinski definition) is 1. The number of nitrogens with two attached hydrogens (primary N) is 1. The molecule has 1 aromatic heterocycles. The summed E-state index contributed by atoms with van der Waals surface area (Å²) in [6.07, 6.45) is 0. The quantitative estimate of drug-likeness (QED) is 0.942. The number of aromatic nitrogens is 2. The molecule has 0 saturated carbocycles. The summed E-state index contributed by atoms with van der Waals surface area (Å²) < 4.78 is 7.44. The molecule has 5 nitrogen and oxygen atoms in total. The molecular formula is C14H19ClN4O. The van der Waals surface area contributed by atoms with E-state index in [1.165, 1.54) is 0 Å². The van der Waals surface area contributed by atoms with E-state index in [0.29, 0.717) is 11.0 Å². The number of ether oxygens (including phenoxy) is 1. The lowest BCUT2D eigenvalue weighted by molar-refractivity contribution is 0.0329. The summed E-state index contributed by atoms with van der Waals surface area (Å²) in [7, 11) is 0. The summed E-state index contributed by atoms with van der Waals surface area (Å²) in [6, 6.07) is 5.92. The molecule has 108 valence electrons. The first-order valence-corrected chi connectivity index (χ1v) is 7.26. The number of morpholine rings is 1. The van der Waals surface area contributed by atoms with Gasteiger partial charge in [0.1, 0.15) is 0 Å². The number of halogens is 1. The van der Waals surface area contributed by atoms with Gasteiger partial charge in [-0.15, -0.1) is 0 Å². The minimum atomic E-state index is 0.247. The van der Waals surface area contributed by atoms with Gasteiger partial charge in [0.2, 0.25) is 5.95 Å². The lowest BCUT2D eigenvalue weighted by Crippen LogP contribution is -2.39. The van der Waals surface area contributed by atoms with Crippen LogP contribution in [0.4, 0.5) is 5.95 Å². The second-order valence-corrected chi connectivity index (χ2v) is 5.67. The number of anilines is 1. The molecule has 1 unspecified atom stereocenters. The molecular weight excluding hydrogens is 276 g/mol. The smallest absolute Gasteiger partial charge is 0.201 e. The Morgan fingerprint density at radius 1 is 1.40 bits per heavy atom. The van der Waals surface area contributed by atoms with Crippen molar-refractivity contribution in [3.63, 3.8) is 0 Å². The number of nitrogen functional groups attached to an aromatic ring is 1. The highest BCUT2D eigenvalue weighted by molar-refractivity contribution is 6.31. The van der Waals surface area contributed by atoms with Crippen LogP contribution in [0.25, 0.3) is 11.0 Å². The van der Waals surface area contributed by atoms with Crippen molar-refractivity contribution in [1.29, 1.82) is 0 Å². The number of hydrogen-bond acceptors (Lipinski definition) is 4. The fourth-order valence-electron chi connectivity index (χ4n) is 2.79. The fourth-order valence-corrected chi connectivity index (χ4v) is 2.95. The number of rotatable bonds is 3. The van der Waals surface area contributed by atoms with Crippen molar-refractivity contribution in [2.75, 3.05) is 38.6 Å². The lowest BCUT2D eigenvalue weighted by Gasteiger charge is -2.30. The van der Waals surface area contributed by atoms with E-state index in [9.17, 15) is 0 Å². The summed E-state index contributed by atoms with van der Waals surface area (Å²) >= 11 is 6.09. The maximum absolute atomic E-state index is 6.09. The van der Waals surface area contributed by atoms with Gasteiger partial charge >= 0.3 is 0 Å². The van der Waals surface area contributed by atoms with Crippen molar-refractivity contribution >= 4 is 28.6 Å². The molecule has 0 amide bonds. The second-order valence-electron chi connectivity index (χ2n) is 5.24. The van der Waals surface area contributed by atoms with Gasteiger partial charge in [-0.05, 0) is 25.1 Å². The van der Waals surface area contributed by atoms with Crippen LogP contribution in [0.3, 0.4) is 0 Å². The Labute approximate surface area is 123 Å². The van der Waals surface area contributed by atoms with Gasteiger partial charge in [0.05, 0.1) is 24.2 Å². The summed E-state index contributed by atoms with van der Waals surface area (Å²) in [4.78, 5) is 6.80. The highest BCUT2D eigenvalue weighted by Gasteiger charge is 2.18. The first-order chi connectivity index (χ1) is 9.65. The van der Waals surface area contributed by atoms with E-state index in [1.54, 1.807) is 0 Å². The van der Waals surface area contributed by atoms with Crippen LogP contribution in [-0.4, -0.2) is 47.3 Å². The molecule has 1 fully saturated rings. The molecule has 0 spiro atoms. The highest BCUT2D eigenvalue weighted by atomic mass is 35.5. The third-order valence-electron chi connectivity index (χ3n) is 3.75. The van der Waals surface area contributed by atoms with Gasteiger partial charge in [0.15, 0.2) is 0 Å². The van der Waals surface area contributed by atoms with Crippen LogP contribution in [0.15, 0.2) is 18.2 Å². The minimum absolute atomic E-state index is 0.247. The molecule has 1 atom stereocenters. The van der Waals surface area contributed by atoms with Crippen LogP contribution in [0.2, 0.25) is 5.02 Å². The SMILES string of the molecule is CC(CN1CCOCC1)n1c(N)nc2ccc(Cl)cc21. The number of fused-ring (bicyclic) bond motifs is 1. The Morgan fingerprint density at radius 2 is 2.15 bits per heavy atom. The molecule has 6 heteroatoms. The van der Waals surface area contributed by atoms with Crippen LogP contribution in [0.5, 0.6) is 0 Å². The summed E-state index contributed by atoms with van der Waals surface area (Å²) in [5.41, 5.74) is 7.96. The van der Waals surface area contributed by atoms with Crippen molar-refractivity contribution in [2.24, 2.45) is 0 Å². The van der Waals surface area contributed by atoms with Gasteiger partial charge in [-0.2, -0.15) is 0 Å². The van der Waals surface area contributed by atoms with Crippen molar-refractivity contribution in [3.8, 4) is 0 Å². The molecule has 2 N–H and O–H groups in total. The van der Waals surface area contributed by atoms with Crippen LogP contribution in [0, 0.1) is 0 Å². The van der Waals surface area contributed by atoms with Crippen LogP contribution in [-0.2, 0) is 4.74 Å². The van der Waals surface area contributed by atoms with E-state index in [1.807, 2.05) is 18.2 Å². The maximum atomic E-state index is 6.09. The van der Waals surface area contributed by atoms with Gasteiger partial charge in [0, 0.05) is 30.7 Å². The molecule has 2 aromatic rings. The molecule has 0 aliphatic carbocycles. The topological polar surface area (TPSA) is 56.3 Å². The van der Waals surface area contributed by atoms with Crippen LogP contribution < -0.4 is 5.73 Å². The zero-order valence-corrected chi connectivity index (χ0v) is 12.3. The predicted octanol–water partition coefficient (Wildman–Crippen LogP) is 2.17. The molecule has 1 aliphatic rings. The summed E-state index contributed by atoms with van der Waals surface area (Å²) in [5.74, 6) is 0.544. The Morgan fingerprint density at radius 3 is 2.90 bits per heavy atom. The Bertz CT molecular complexity index is 606. The van der Waals surface area contributed by atoms with Crippen molar-refractivity contribution in [1.82, 2.24) is 14.5 Å². The first kappa shape index (κ1) is 13.7. The second kappa shape index (κ2) is 5.60. The number of imidazole rings is 1. The molecule has 2 heterocycles. The molecule has 1 aliphatic heterocycles. The first-order valence-electron chi connectivity index (χ1n) is 6.88. The van der Waals surface area contributed by atoms with E-state index in [-0.39, 0.29) is 6.04 Å². The Balaban J connectivity index is 1.88. The fraction of sp³-hybridized carbons (Fsp3) is 0.500. The Hall–Kier alpha value is -1.30. The van der Waals surface area contributed by atoms with Gasteiger partial charge < -0.3 is 15.0 Å². The van der Waals surface area contributed by atoms with E-state index in [4.69, 9.17) is 22.1 Å². The van der Waals surface area contributed by atoms with E-state index in [2.05, 4.69) is 21.4 Å². The molecule has 0 radical (unpaired) electrons. The van der Waals surface area contributed by atoms with Crippen molar-refractivity contribution in [2.45, 2.75) is 13.0 Å². The number of benzene rings is 1. The third kappa shape index (κ3) is 2.61. The zero-order valence-electron chi connectivity index (χ0n) is 11.6. The van der Waals surface area contributed by atoms with Gasteiger partial charge in [-0.1, -0.05) is 11.6 Å². The van der Waals surface area contributed by atoms with Crippen molar-refractivity contribution < 1.29 is 4.74 Å². The predicted molar refractivity (Wildman–Crippen MR) is 81.1 cm³/mol. The highest BCUT2D eigenvalue weighted by Crippen LogP contribution is 2.26. The zero-order chi connectivity index (χ0) is 14.1. The minimum Gasteiger partial charge on any atom is -0.379 e. The average Bonchev–Trinajstić information content (AvgIpc) is 2.75. The van der Waals surface area contributed by atoms with Crippen LogP contribution >= 0.6 is 11.6 Å². The molecule has 1 aromatic carbocycles. The van der Waals surface area contributed by atoms with Gasteiger partial charge in [-0.3, -0.25) is 4.90 Å². The third-order valence-corrected chi connectivity index (χ3v) is 3.98. The standard InChI is InChI=1S/C14H19ClN4O/c1-10(9-18-4-6-20-7-5-18)19-13-8-11(15)2-3-12(13)17-14(19)16/h2-3,8,10H,4-7,9H2,1H3,(H2,16,17). The van der Waals surface area contributed by atoms with Gasteiger partial charge in [-0.25, -0.2) is 4.98 Å². The maximum Gasteiger partial charge on any atom is 0.201 e. The van der Waals surface area contributed by atoms with E-state index >= 15 is 0 Å². The molecule has 3 rings (SSSR count). The number of nitrogens with zero attached hydrogens (tertiary/aromatic N) is 3. The van der Waals surface area contributed by atoms with Crippen LogP contribution in [0.1, 0.15) is 13.0 Å². The lowest BCUT2D eigenvalue weighted by atomic mass is 10.2. The monoisotopic (exact) mass is 294 g/mol. The summed E-state index contributed by atoms with van der Waals surface area (Å²) in [6.45, 7) is 6.64.